The standard InChI is InChI=1S/C21H27N3O3/c1-26-20-9-5-2-6-17(20)16-23-21(25)10-11-22-18-7-3-4-8-19(18)24-12-14-27-15-13-24/h2-9,22H,10-16H2,1H3,(H,23,25). The maximum absolute atomic E-state index is 12.2. The third-order valence-electron chi connectivity index (χ3n) is 4.59. The zero-order chi connectivity index (χ0) is 18.9. The maximum atomic E-state index is 12.2. The summed E-state index contributed by atoms with van der Waals surface area (Å²) in [5.41, 5.74) is 3.19. The van der Waals surface area contributed by atoms with Gasteiger partial charge in [-0.15, -0.1) is 0 Å². The molecule has 1 heterocycles. The van der Waals surface area contributed by atoms with Gasteiger partial charge in [-0.05, 0) is 18.2 Å². The Kier molecular flexibility index (Phi) is 6.93. The van der Waals surface area contributed by atoms with E-state index in [0.29, 0.717) is 19.5 Å². The van der Waals surface area contributed by atoms with E-state index in [1.165, 1.54) is 0 Å². The van der Waals surface area contributed by atoms with E-state index in [1.807, 2.05) is 36.4 Å². The number of hydrogen-bond donors (Lipinski definition) is 2. The van der Waals surface area contributed by atoms with E-state index in [0.717, 1.165) is 49.0 Å². The minimum Gasteiger partial charge on any atom is -0.496 e. The van der Waals surface area contributed by atoms with Gasteiger partial charge in [0.25, 0.3) is 0 Å². The van der Waals surface area contributed by atoms with Crippen molar-refractivity contribution in [1.82, 2.24) is 5.32 Å². The zero-order valence-corrected chi connectivity index (χ0v) is 15.7. The summed E-state index contributed by atoms with van der Waals surface area (Å²) in [6.07, 6.45) is 0.409. The van der Waals surface area contributed by atoms with Crippen molar-refractivity contribution in [1.29, 1.82) is 0 Å². The maximum Gasteiger partial charge on any atom is 0.222 e. The van der Waals surface area contributed by atoms with Crippen molar-refractivity contribution in [3.63, 3.8) is 0 Å². The summed E-state index contributed by atoms with van der Waals surface area (Å²) in [5.74, 6) is 0.799. The highest BCUT2D eigenvalue weighted by atomic mass is 16.5. The predicted molar refractivity (Wildman–Crippen MR) is 107 cm³/mol. The van der Waals surface area contributed by atoms with Gasteiger partial charge in [0.2, 0.25) is 5.91 Å². The molecule has 1 saturated heterocycles. The Morgan fingerprint density at radius 1 is 1.11 bits per heavy atom. The molecule has 27 heavy (non-hydrogen) atoms. The lowest BCUT2D eigenvalue weighted by atomic mass is 10.2. The minimum atomic E-state index is 0.0114. The van der Waals surface area contributed by atoms with Gasteiger partial charge in [-0.2, -0.15) is 0 Å². The average Bonchev–Trinajstić information content (AvgIpc) is 2.73. The molecule has 0 radical (unpaired) electrons. The fourth-order valence-electron chi connectivity index (χ4n) is 3.15. The molecule has 0 saturated carbocycles. The molecule has 1 fully saturated rings. The molecule has 0 unspecified atom stereocenters. The van der Waals surface area contributed by atoms with Crippen LogP contribution in [0.1, 0.15) is 12.0 Å². The predicted octanol–water partition coefficient (Wildman–Crippen LogP) is 2.65. The van der Waals surface area contributed by atoms with Crippen LogP contribution in [0.15, 0.2) is 48.5 Å². The van der Waals surface area contributed by atoms with Crippen LogP contribution in [0.5, 0.6) is 5.75 Å². The van der Waals surface area contributed by atoms with Crippen LogP contribution in [0.4, 0.5) is 11.4 Å². The Hall–Kier alpha value is -2.73. The first-order valence-electron chi connectivity index (χ1n) is 9.32. The third-order valence-corrected chi connectivity index (χ3v) is 4.59. The number of nitrogens with zero attached hydrogens (tertiary/aromatic N) is 1. The van der Waals surface area contributed by atoms with Crippen molar-refractivity contribution in [3.05, 3.63) is 54.1 Å². The molecular formula is C21H27N3O3. The minimum absolute atomic E-state index is 0.0114. The molecule has 144 valence electrons. The van der Waals surface area contributed by atoms with Gasteiger partial charge in [0, 0.05) is 38.2 Å². The molecule has 2 aromatic carbocycles. The molecule has 2 N–H and O–H groups in total. The normalized spacial score (nSPS) is 13.9. The van der Waals surface area contributed by atoms with E-state index in [1.54, 1.807) is 7.11 Å². The highest BCUT2D eigenvalue weighted by Gasteiger charge is 2.14. The number of carbonyl (C=O) groups excluding carboxylic acids is 1. The Labute approximate surface area is 160 Å². The SMILES string of the molecule is COc1ccccc1CNC(=O)CCNc1ccccc1N1CCOCC1. The summed E-state index contributed by atoms with van der Waals surface area (Å²) in [5, 5.41) is 6.35. The number of anilines is 2. The van der Waals surface area contributed by atoms with Crippen LogP contribution < -0.4 is 20.3 Å². The molecule has 2 aromatic rings. The van der Waals surface area contributed by atoms with Crippen molar-refractivity contribution < 1.29 is 14.3 Å². The second-order valence-electron chi connectivity index (χ2n) is 6.38. The second kappa shape index (κ2) is 9.83. The Bertz CT molecular complexity index is 745. The van der Waals surface area contributed by atoms with Crippen molar-refractivity contribution in [2.75, 3.05) is 50.2 Å². The van der Waals surface area contributed by atoms with E-state index in [-0.39, 0.29) is 5.91 Å². The average molecular weight is 369 g/mol. The molecule has 6 nitrogen and oxygen atoms in total. The monoisotopic (exact) mass is 369 g/mol. The number of morpholine rings is 1. The highest BCUT2D eigenvalue weighted by molar-refractivity contribution is 5.77. The van der Waals surface area contributed by atoms with E-state index in [9.17, 15) is 4.79 Å². The van der Waals surface area contributed by atoms with E-state index < -0.39 is 0 Å². The second-order valence-corrected chi connectivity index (χ2v) is 6.38. The first kappa shape index (κ1) is 19.0. The van der Waals surface area contributed by atoms with Crippen LogP contribution in [0.2, 0.25) is 0 Å². The molecule has 0 aromatic heterocycles. The lowest BCUT2D eigenvalue weighted by molar-refractivity contribution is -0.121. The first-order valence-corrected chi connectivity index (χ1v) is 9.32. The van der Waals surface area contributed by atoms with Crippen LogP contribution in [0, 0.1) is 0 Å². The third kappa shape index (κ3) is 5.37. The quantitative estimate of drug-likeness (QED) is 0.749. The van der Waals surface area contributed by atoms with Crippen LogP contribution >= 0.6 is 0 Å². The van der Waals surface area contributed by atoms with E-state index in [4.69, 9.17) is 9.47 Å². The number of para-hydroxylation sites is 3. The van der Waals surface area contributed by atoms with Crippen LogP contribution in [0.25, 0.3) is 0 Å². The lowest BCUT2D eigenvalue weighted by Crippen LogP contribution is -2.36. The van der Waals surface area contributed by atoms with Crippen molar-refractivity contribution in [2.45, 2.75) is 13.0 Å². The molecule has 1 aliphatic rings. The van der Waals surface area contributed by atoms with Crippen LogP contribution in [-0.4, -0.2) is 45.9 Å². The van der Waals surface area contributed by atoms with Crippen LogP contribution in [-0.2, 0) is 16.1 Å². The number of rotatable bonds is 8. The molecule has 0 aliphatic carbocycles. The largest absolute Gasteiger partial charge is 0.496 e. The van der Waals surface area contributed by atoms with Gasteiger partial charge in [0.15, 0.2) is 0 Å². The topological polar surface area (TPSA) is 62.8 Å². The van der Waals surface area contributed by atoms with Gasteiger partial charge in [-0.3, -0.25) is 4.79 Å². The number of benzene rings is 2. The molecule has 1 aliphatic heterocycles. The Balaban J connectivity index is 1.47. The van der Waals surface area contributed by atoms with Gasteiger partial charge in [-0.1, -0.05) is 30.3 Å². The molecule has 0 bridgehead atoms. The fraction of sp³-hybridized carbons (Fsp3) is 0.381. The van der Waals surface area contributed by atoms with Crippen molar-refractivity contribution in [3.8, 4) is 5.75 Å². The number of hydrogen-bond acceptors (Lipinski definition) is 5. The van der Waals surface area contributed by atoms with Gasteiger partial charge in [0.05, 0.1) is 31.7 Å². The molecule has 0 spiro atoms. The number of nitrogens with one attached hydrogen (secondary N) is 2. The number of amides is 1. The summed E-state index contributed by atoms with van der Waals surface area (Å²) < 4.78 is 10.7. The van der Waals surface area contributed by atoms with Gasteiger partial charge >= 0.3 is 0 Å². The van der Waals surface area contributed by atoms with E-state index in [2.05, 4.69) is 27.7 Å². The fourth-order valence-corrected chi connectivity index (χ4v) is 3.15. The number of carbonyl (C=O) groups is 1. The lowest BCUT2D eigenvalue weighted by Gasteiger charge is -2.30. The molecule has 0 atom stereocenters. The summed E-state index contributed by atoms with van der Waals surface area (Å²) in [6, 6.07) is 15.9. The molecular weight excluding hydrogens is 342 g/mol. The van der Waals surface area contributed by atoms with Gasteiger partial charge in [0.1, 0.15) is 5.75 Å². The summed E-state index contributed by atoms with van der Waals surface area (Å²) in [4.78, 5) is 14.5. The summed E-state index contributed by atoms with van der Waals surface area (Å²) in [7, 11) is 1.64. The number of methoxy groups -OCH3 is 1. The van der Waals surface area contributed by atoms with E-state index >= 15 is 0 Å². The van der Waals surface area contributed by atoms with Crippen molar-refractivity contribution >= 4 is 17.3 Å². The first-order chi connectivity index (χ1) is 13.3. The zero-order valence-electron chi connectivity index (χ0n) is 15.7. The number of ether oxygens (including phenoxy) is 2. The molecule has 6 heteroatoms. The Morgan fingerprint density at radius 2 is 1.85 bits per heavy atom. The molecule has 1 amide bonds. The summed E-state index contributed by atoms with van der Waals surface area (Å²) in [6.45, 7) is 4.32. The summed E-state index contributed by atoms with van der Waals surface area (Å²) >= 11 is 0. The van der Waals surface area contributed by atoms with Gasteiger partial charge < -0.3 is 25.0 Å². The van der Waals surface area contributed by atoms with Gasteiger partial charge in [-0.25, -0.2) is 0 Å². The molecule has 3 rings (SSSR count). The highest BCUT2D eigenvalue weighted by Crippen LogP contribution is 2.26. The smallest absolute Gasteiger partial charge is 0.222 e. The van der Waals surface area contributed by atoms with Crippen LogP contribution in [0.3, 0.4) is 0 Å². The Morgan fingerprint density at radius 3 is 2.67 bits per heavy atom. The van der Waals surface area contributed by atoms with Crippen molar-refractivity contribution in [2.24, 2.45) is 0 Å².